The fourth-order valence-electron chi connectivity index (χ4n) is 1.78. The predicted molar refractivity (Wildman–Crippen MR) is 77.0 cm³/mol. The van der Waals surface area contributed by atoms with Crippen molar-refractivity contribution in [3.63, 3.8) is 0 Å². The van der Waals surface area contributed by atoms with E-state index in [2.05, 4.69) is 37.3 Å². The summed E-state index contributed by atoms with van der Waals surface area (Å²) in [4.78, 5) is 0. The Kier molecular flexibility index (Phi) is 3.13. The van der Waals surface area contributed by atoms with Crippen molar-refractivity contribution in [2.75, 3.05) is 0 Å². The Hall–Kier alpha value is -2.01. The largest absolute Gasteiger partial charge is 0.220 e. The summed E-state index contributed by atoms with van der Waals surface area (Å²) >= 11 is 3.47. The number of hydrogen-bond donors (Lipinski definition) is 0. The van der Waals surface area contributed by atoms with Crippen molar-refractivity contribution >= 4 is 15.9 Å². The second-order valence-electron chi connectivity index (χ2n) is 4.22. The standard InChI is InChI=1S/C14H11BrN4/c1-10-5-6-14(18-17-10)19-9-12(8-16-19)11-3-2-4-13(15)7-11/h2-9H,1H3. The lowest BCUT2D eigenvalue weighted by Crippen LogP contribution is -1.99. The molecule has 0 radical (unpaired) electrons. The zero-order chi connectivity index (χ0) is 13.2. The second kappa shape index (κ2) is 4.93. The first kappa shape index (κ1) is 12.0. The van der Waals surface area contributed by atoms with Gasteiger partial charge in [0, 0.05) is 16.2 Å². The van der Waals surface area contributed by atoms with E-state index in [-0.39, 0.29) is 0 Å². The van der Waals surface area contributed by atoms with Crippen LogP contribution in [-0.2, 0) is 0 Å². The molecule has 0 bridgehead atoms. The van der Waals surface area contributed by atoms with Crippen molar-refractivity contribution in [1.29, 1.82) is 0 Å². The Bertz CT molecular complexity index is 703. The summed E-state index contributed by atoms with van der Waals surface area (Å²) in [6.07, 6.45) is 3.77. The molecule has 3 aromatic rings. The van der Waals surface area contributed by atoms with E-state index in [1.165, 1.54) is 0 Å². The molecule has 0 N–H and O–H groups in total. The molecule has 3 rings (SSSR count). The smallest absolute Gasteiger partial charge is 0.175 e. The zero-order valence-corrected chi connectivity index (χ0v) is 11.9. The van der Waals surface area contributed by atoms with E-state index in [1.54, 1.807) is 4.68 Å². The molecule has 94 valence electrons. The van der Waals surface area contributed by atoms with Gasteiger partial charge in [0.05, 0.1) is 11.9 Å². The number of rotatable bonds is 2. The van der Waals surface area contributed by atoms with E-state index in [0.29, 0.717) is 5.82 Å². The van der Waals surface area contributed by atoms with Gasteiger partial charge in [0.15, 0.2) is 5.82 Å². The third kappa shape index (κ3) is 2.56. The van der Waals surface area contributed by atoms with Gasteiger partial charge in [0.1, 0.15) is 0 Å². The van der Waals surface area contributed by atoms with Gasteiger partial charge in [-0.3, -0.25) is 0 Å². The van der Waals surface area contributed by atoms with Crippen LogP contribution in [0.5, 0.6) is 0 Å². The molecule has 2 aromatic heterocycles. The van der Waals surface area contributed by atoms with Gasteiger partial charge in [0.2, 0.25) is 0 Å². The lowest BCUT2D eigenvalue weighted by molar-refractivity contribution is 0.806. The van der Waals surface area contributed by atoms with Gasteiger partial charge in [-0.25, -0.2) is 4.68 Å². The molecule has 0 atom stereocenters. The van der Waals surface area contributed by atoms with Crippen LogP contribution in [0.2, 0.25) is 0 Å². The van der Waals surface area contributed by atoms with Crippen LogP contribution in [0.3, 0.4) is 0 Å². The van der Waals surface area contributed by atoms with Crippen LogP contribution in [0.15, 0.2) is 53.3 Å². The summed E-state index contributed by atoms with van der Waals surface area (Å²) in [5, 5.41) is 12.5. The molecule has 2 heterocycles. The van der Waals surface area contributed by atoms with E-state index in [9.17, 15) is 0 Å². The molecule has 0 saturated carbocycles. The molecule has 19 heavy (non-hydrogen) atoms. The summed E-state index contributed by atoms with van der Waals surface area (Å²) in [7, 11) is 0. The van der Waals surface area contributed by atoms with Gasteiger partial charge < -0.3 is 0 Å². The molecule has 0 aliphatic carbocycles. The first-order chi connectivity index (χ1) is 9.22. The monoisotopic (exact) mass is 314 g/mol. The van der Waals surface area contributed by atoms with Gasteiger partial charge >= 0.3 is 0 Å². The SMILES string of the molecule is Cc1ccc(-n2cc(-c3cccc(Br)c3)cn2)nn1. The van der Waals surface area contributed by atoms with Crippen LogP contribution in [0.4, 0.5) is 0 Å². The Labute approximate surface area is 119 Å². The third-order valence-electron chi connectivity index (χ3n) is 2.76. The summed E-state index contributed by atoms with van der Waals surface area (Å²) in [6, 6.07) is 11.9. The van der Waals surface area contributed by atoms with Crippen LogP contribution in [-0.4, -0.2) is 20.0 Å². The Morgan fingerprint density at radius 1 is 1.05 bits per heavy atom. The van der Waals surface area contributed by atoms with E-state index >= 15 is 0 Å². The van der Waals surface area contributed by atoms with Crippen molar-refractivity contribution < 1.29 is 0 Å². The molecule has 5 heteroatoms. The summed E-state index contributed by atoms with van der Waals surface area (Å²) < 4.78 is 2.77. The van der Waals surface area contributed by atoms with E-state index < -0.39 is 0 Å². The van der Waals surface area contributed by atoms with Crippen LogP contribution >= 0.6 is 15.9 Å². The second-order valence-corrected chi connectivity index (χ2v) is 5.13. The lowest BCUT2D eigenvalue weighted by Gasteiger charge is -1.99. The topological polar surface area (TPSA) is 43.6 Å². The maximum absolute atomic E-state index is 4.32. The molecule has 1 aromatic carbocycles. The van der Waals surface area contributed by atoms with Crippen molar-refractivity contribution in [2.45, 2.75) is 6.92 Å². The molecule has 0 aliphatic heterocycles. The molecule has 0 fully saturated rings. The average Bonchev–Trinajstić information content (AvgIpc) is 2.89. The molecule has 0 amide bonds. The Morgan fingerprint density at radius 3 is 2.68 bits per heavy atom. The number of aromatic nitrogens is 4. The summed E-state index contributed by atoms with van der Waals surface area (Å²) in [5.41, 5.74) is 3.05. The minimum atomic E-state index is 0.715. The van der Waals surface area contributed by atoms with E-state index in [4.69, 9.17) is 0 Å². The van der Waals surface area contributed by atoms with E-state index in [0.717, 1.165) is 21.3 Å². The molecule has 0 unspecified atom stereocenters. The molecule has 0 spiro atoms. The number of benzene rings is 1. The Balaban J connectivity index is 1.97. The van der Waals surface area contributed by atoms with Crippen LogP contribution in [0, 0.1) is 6.92 Å². The van der Waals surface area contributed by atoms with Crippen molar-refractivity contribution in [2.24, 2.45) is 0 Å². The fourth-order valence-corrected chi connectivity index (χ4v) is 2.18. The molecular weight excluding hydrogens is 304 g/mol. The number of aryl methyl sites for hydroxylation is 1. The van der Waals surface area contributed by atoms with Crippen molar-refractivity contribution in [3.05, 3.63) is 59.0 Å². The number of nitrogens with zero attached hydrogens (tertiary/aromatic N) is 4. The van der Waals surface area contributed by atoms with Crippen molar-refractivity contribution in [1.82, 2.24) is 20.0 Å². The van der Waals surface area contributed by atoms with Gasteiger partial charge in [0.25, 0.3) is 0 Å². The van der Waals surface area contributed by atoms with Crippen LogP contribution in [0.1, 0.15) is 5.69 Å². The average molecular weight is 315 g/mol. The van der Waals surface area contributed by atoms with Gasteiger partial charge in [-0.15, -0.1) is 5.10 Å². The maximum Gasteiger partial charge on any atom is 0.175 e. The van der Waals surface area contributed by atoms with Crippen molar-refractivity contribution in [3.8, 4) is 16.9 Å². The highest BCUT2D eigenvalue weighted by atomic mass is 79.9. The van der Waals surface area contributed by atoms with Gasteiger partial charge in [-0.05, 0) is 36.8 Å². The normalized spacial score (nSPS) is 10.6. The predicted octanol–water partition coefficient (Wildman–Crippen LogP) is 3.40. The highest BCUT2D eigenvalue weighted by Crippen LogP contribution is 2.22. The summed E-state index contributed by atoms with van der Waals surface area (Å²) in [5.74, 6) is 0.715. The van der Waals surface area contributed by atoms with Gasteiger partial charge in [-0.2, -0.15) is 10.2 Å². The minimum Gasteiger partial charge on any atom is -0.220 e. The molecular formula is C14H11BrN4. The quantitative estimate of drug-likeness (QED) is 0.728. The highest BCUT2D eigenvalue weighted by Gasteiger charge is 2.05. The minimum absolute atomic E-state index is 0.715. The van der Waals surface area contributed by atoms with E-state index in [1.807, 2.05) is 49.6 Å². The van der Waals surface area contributed by atoms with Crippen LogP contribution in [0.25, 0.3) is 16.9 Å². The number of halogens is 1. The maximum atomic E-state index is 4.32. The molecule has 0 saturated heterocycles. The third-order valence-corrected chi connectivity index (χ3v) is 3.25. The first-order valence-electron chi connectivity index (χ1n) is 5.84. The highest BCUT2D eigenvalue weighted by molar-refractivity contribution is 9.10. The number of hydrogen-bond acceptors (Lipinski definition) is 3. The molecule has 4 nitrogen and oxygen atoms in total. The summed E-state index contributed by atoms with van der Waals surface area (Å²) in [6.45, 7) is 1.91. The zero-order valence-electron chi connectivity index (χ0n) is 10.3. The lowest BCUT2D eigenvalue weighted by atomic mass is 10.1. The molecule has 0 aliphatic rings. The first-order valence-corrected chi connectivity index (χ1v) is 6.63. The Morgan fingerprint density at radius 2 is 1.95 bits per heavy atom. The van der Waals surface area contributed by atoms with Crippen LogP contribution < -0.4 is 0 Å². The fraction of sp³-hybridized carbons (Fsp3) is 0.0714. The van der Waals surface area contributed by atoms with Gasteiger partial charge in [-0.1, -0.05) is 28.1 Å².